The van der Waals surface area contributed by atoms with E-state index < -0.39 is 0 Å². The number of benzene rings is 2. The van der Waals surface area contributed by atoms with Gasteiger partial charge in [-0.1, -0.05) is 52.7 Å². The lowest BCUT2D eigenvalue weighted by Gasteiger charge is -2.12. The molecular formula is C30H42FN5. The van der Waals surface area contributed by atoms with Gasteiger partial charge in [0.2, 0.25) is 0 Å². The Morgan fingerprint density at radius 1 is 1.08 bits per heavy atom. The van der Waals surface area contributed by atoms with Crippen LogP contribution >= 0.6 is 0 Å². The Hall–Kier alpha value is -3.04. The lowest BCUT2D eigenvalue weighted by molar-refractivity contribution is 0.470. The average molecular weight is 492 g/mol. The highest BCUT2D eigenvalue weighted by atomic mass is 19.1. The molecule has 1 saturated heterocycles. The molecule has 0 spiro atoms. The van der Waals surface area contributed by atoms with Crippen molar-refractivity contribution in [3.05, 3.63) is 64.1 Å². The summed E-state index contributed by atoms with van der Waals surface area (Å²) in [5.74, 6) is 1.28. The molecule has 0 saturated carbocycles. The van der Waals surface area contributed by atoms with Crippen molar-refractivity contribution < 1.29 is 4.39 Å². The van der Waals surface area contributed by atoms with Crippen LogP contribution in [0.5, 0.6) is 0 Å². The number of aromatic nitrogens is 2. The van der Waals surface area contributed by atoms with Crippen molar-refractivity contribution in [2.45, 2.75) is 86.7 Å². The van der Waals surface area contributed by atoms with Crippen LogP contribution in [0.25, 0.3) is 10.8 Å². The maximum absolute atomic E-state index is 13.8. The summed E-state index contributed by atoms with van der Waals surface area (Å²) in [6.07, 6.45) is 5.31. The molecule has 1 aliphatic heterocycles. The van der Waals surface area contributed by atoms with Crippen molar-refractivity contribution in [1.82, 2.24) is 15.5 Å². The predicted molar refractivity (Wildman–Crippen MR) is 149 cm³/mol. The van der Waals surface area contributed by atoms with Crippen molar-refractivity contribution >= 4 is 16.6 Å². The number of anilines is 1. The van der Waals surface area contributed by atoms with E-state index in [1.54, 1.807) is 19.1 Å². The molecule has 1 aromatic heterocycles. The quantitative estimate of drug-likeness (QED) is 0.389. The fourth-order valence-electron chi connectivity index (χ4n) is 4.16. The Bertz CT molecular complexity index is 1170. The molecule has 194 valence electrons. The molecule has 1 fully saturated rings. The molecule has 4 rings (SSSR count). The number of nitrogens with one attached hydrogen (secondary N) is 2. The number of aryl methyl sites for hydroxylation is 2. The first-order chi connectivity index (χ1) is 17.3. The number of hydrogen-bond donors (Lipinski definition) is 2. The second kappa shape index (κ2) is 14.5. The van der Waals surface area contributed by atoms with Gasteiger partial charge in [0, 0.05) is 23.4 Å². The molecule has 0 amide bonds. The highest BCUT2D eigenvalue weighted by molar-refractivity contribution is 5.93. The summed E-state index contributed by atoms with van der Waals surface area (Å²) in [5.41, 5.74) is 3.88. The summed E-state index contributed by atoms with van der Waals surface area (Å²) in [4.78, 5) is 0. The summed E-state index contributed by atoms with van der Waals surface area (Å²) in [5, 5.41) is 25.8. The molecule has 2 N–H and O–H groups in total. The molecule has 36 heavy (non-hydrogen) atoms. The Kier molecular flexibility index (Phi) is 11.8. The van der Waals surface area contributed by atoms with Gasteiger partial charge in [-0.2, -0.15) is 10.4 Å². The largest absolute Gasteiger partial charge is 0.364 e. The van der Waals surface area contributed by atoms with Crippen molar-refractivity contribution in [1.29, 1.82) is 5.26 Å². The summed E-state index contributed by atoms with van der Waals surface area (Å²) < 4.78 is 13.8. The van der Waals surface area contributed by atoms with Gasteiger partial charge in [-0.25, -0.2) is 4.39 Å². The van der Waals surface area contributed by atoms with Crippen LogP contribution < -0.4 is 10.6 Å². The average Bonchev–Trinajstić information content (AvgIpc) is 3.31. The van der Waals surface area contributed by atoms with Gasteiger partial charge < -0.3 is 10.6 Å². The van der Waals surface area contributed by atoms with Gasteiger partial charge in [0.05, 0.1) is 17.3 Å². The lowest BCUT2D eigenvalue weighted by Crippen LogP contribution is -2.24. The van der Waals surface area contributed by atoms with Crippen molar-refractivity contribution in [2.75, 3.05) is 11.9 Å². The number of nitrogens with zero attached hydrogens (tertiary/aromatic N) is 3. The minimum Gasteiger partial charge on any atom is -0.364 e. The molecule has 2 atom stereocenters. The first-order valence-electron chi connectivity index (χ1n) is 13.2. The minimum absolute atomic E-state index is 0.248. The zero-order valence-electron chi connectivity index (χ0n) is 23.0. The fraction of sp³-hybridized carbons (Fsp3) is 0.500. The van der Waals surface area contributed by atoms with Crippen LogP contribution in [0.1, 0.15) is 81.3 Å². The normalized spacial score (nSPS) is 16.4. The smallest absolute Gasteiger partial charge is 0.156 e. The van der Waals surface area contributed by atoms with Gasteiger partial charge in [0.1, 0.15) is 5.82 Å². The van der Waals surface area contributed by atoms with E-state index in [2.05, 4.69) is 54.6 Å². The molecule has 1 aliphatic rings. The van der Waals surface area contributed by atoms with E-state index in [0.29, 0.717) is 29.2 Å². The maximum Gasteiger partial charge on any atom is 0.156 e. The Morgan fingerprint density at radius 2 is 1.81 bits per heavy atom. The van der Waals surface area contributed by atoms with Gasteiger partial charge >= 0.3 is 0 Å². The number of rotatable bonds is 5. The highest BCUT2D eigenvalue weighted by Gasteiger charge is 2.19. The predicted octanol–water partition coefficient (Wildman–Crippen LogP) is 7.38. The van der Waals surface area contributed by atoms with Crippen LogP contribution in [0.15, 0.2) is 30.3 Å². The van der Waals surface area contributed by atoms with Crippen LogP contribution in [-0.2, 0) is 6.54 Å². The minimum atomic E-state index is -0.248. The zero-order valence-corrected chi connectivity index (χ0v) is 23.0. The summed E-state index contributed by atoms with van der Waals surface area (Å²) in [6.45, 7) is 16.2. The fourth-order valence-corrected chi connectivity index (χ4v) is 4.16. The van der Waals surface area contributed by atoms with Gasteiger partial charge in [-0.3, -0.25) is 0 Å². The molecule has 6 heteroatoms. The summed E-state index contributed by atoms with van der Waals surface area (Å²) in [7, 11) is 0. The molecule has 2 unspecified atom stereocenters. The van der Waals surface area contributed by atoms with E-state index >= 15 is 0 Å². The van der Waals surface area contributed by atoms with Crippen LogP contribution in [-0.4, -0.2) is 22.8 Å². The topological polar surface area (TPSA) is 73.6 Å². The Morgan fingerprint density at radius 3 is 2.36 bits per heavy atom. The molecule has 0 bridgehead atoms. The zero-order chi connectivity index (χ0) is 26.7. The first-order valence-corrected chi connectivity index (χ1v) is 13.2. The Labute approximate surface area is 216 Å². The number of unbranched alkanes of at least 4 members (excludes halogenated alkanes) is 1. The standard InChI is InChI=1S/C19H17FN4.C7H15N.C4H10/c1-11-7-17-16(8-18(11)20)13(3)23-24-19(17)22-10-15-6-4-5-14(9-21)12(15)2;1-3-7-6(2)4-5-8-7;1-3-4-2/h4-8H,10H2,1-3H3,(H,22,24);6-8H,3-5H2,1-2H3;3-4H2,1-2H3. The van der Waals surface area contributed by atoms with E-state index in [1.165, 1.54) is 38.3 Å². The molecule has 5 nitrogen and oxygen atoms in total. The van der Waals surface area contributed by atoms with Crippen LogP contribution in [0.4, 0.5) is 10.2 Å². The second-order valence-electron chi connectivity index (χ2n) is 9.57. The van der Waals surface area contributed by atoms with Gasteiger partial charge in [-0.15, -0.1) is 5.10 Å². The van der Waals surface area contributed by atoms with Gasteiger partial charge in [-0.05, 0) is 81.0 Å². The third kappa shape index (κ3) is 7.73. The number of fused-ring (bicyclic) bond motifs is 1. The molecule has 2 aromatic carbocycles. The molecular weight excluding hydrogens is 449 g/mol. The van der Waals surface area contributed by atoms with Crippen LogP contribution in [0, 0.1) is 43.8 Å². The monoisotopic (exact) mass is 491 g/mol. The third-order valence-corrected chi connectivity index (χ3v) is 6.89. The SMILES string of the molecule is CCC1NCCC1C.CCCC.Cc1cc2c(NCc3cccc(C#N)c3C)nnc(C)c2cc1F. The van der Waals surface area contributed by atoms with E-state index in [0.717, 1.165) is 33.9 Å². The van der Waals surface area contributed by atoms with E-state index in [-0.39, 0.29) is 5.82 Å². The third-order valence-electron chi connectivity index (χ3n) is 6.89. The van der Waals surface area contributed by atoms with Gasteiger partial charge in [0.15, 0.2) is 5.82 Å². The van der Waals surface area contributed by atoms with Gasteiger partial charge in [0.25, 0.3) is 0 Å². The molecule has 2 heterocycles. The van der Waals surface area contributed by atoms with Crippen molar-refractivity contribution in [3.63, 3.8) is 0 Å². The lowest BCUT2D eigenvalue weighted by atomic mass is 10.0. The summed E-state index contributed by atoms with van der Waals surface area (Å²) in [6, 6.07) is 11.9. The van der Waals surface area contributed by atoms with E-state index in [9.17, 15) is 4.39 Å². The maximum atomic E-state index is 13.8. The van der Waals surface area contributed by atoms with E-state index in [4.69, 9.17) is 5.26 Å². The number of hydrogen-bond acceptors (Lipinski definition) is 5. The van der Waals surface area contributed by atoms with E-state index in [1.807, 2.05) is 26.0 Å². The first kappa shape index (κ1) is 29.2. The molecule has 3 aromatic rings. The van der Waals surface area contributed by atoms with Crippen LogP contribution in [0.2, 0.25) is 0 Å². The van der Waals surface area contributed by atoms with Crippen molar-refractivity contribution in [3.8, 4) is 6.07 Å². The Balaban J connectivity index is 0.000000314. The second-order valence-corrected chi connectivity index (χ2v) is 9.57. The highest BCUT2D eigenvalue weighted by Crippen LogP contribution is 2.26. The van der Waals surface area contributed by atoms with Crippen LogP contribution in [0.3, 0.4) is 0 Å². The number of nitriles is 1. The van der Waals surface area contributed by atoms with Crippen molar-refractivity contribution in [2.24, 2.45) is 5.92 Å². The molecule has 0 aliphatic carbocycles. The summed E-state index contributed by atoms with van der Waals surface area (Å²) >= 11 is 0. The molecule has 0 radical (unpaired) electrons. The number of halogens is 1.